The van der Waals surface area contributed by atoms with Gasteiger partial charge in [0.1, 0.15) is 18.3 Å². The summed E-state index contributed by atoms with van der Waals surface area (Å²) in [6, 6.07) is 11.3. The average Bonchev–Trinajstić information content (AvgIpc) is 2.65. The summed E-state index contributed by atoms with van der Waals surface area (Å²) in [6.07, 6.45) is -6.31. The fraction of sp³-hybridized carbons (Fsp3) is 0.400. The largest absolute Gasteiger partial charge is 0.394 e. The minimum absolute atomic E-state index is 0.657. The Kier molecular flexibility index (Phi) is 8.00. The standard InChI is InChI=1S/C20H24Br2O5/c1-10-3-5-12(21)7-14(10)17(15-8-13(22)6-4-11(15)2)19(26)20(27)18(25)16(24)9-23/h3-8,16-20,23-27H,9H2,1-2H3/t16-,18-,19+,20-/m1/s1. The number of rotatable bonds is 7. The normalized spacial score (nSPS) is 16.2. The van der Waals surface area contributed by atoms with Crippen LogP contribution in [0.2, 0.25) is 0 Å². The molecule has 0 saturated carbocycles. The van der Waals surface area contributed by atoms with Crippen molar-refractivity contribution in [1.29, 1.82) is 0 Å². The lowest BCUT2D eigenvalue weighted by atomic mass is 9.79. The molecule has 0 aromatic heterocycles. The van der Waals surface area contributed by atoms with Crippen LogP contribution in [0.4, 0.5) is 0 Å². The summed E-state index contributed by atoms with van der Waals surface area (Å²) in [5.41, 5.74) is 3.38. The van der Waals surface area contributed by atoms with Crippen molar-refractivity contribution in [3.05, 3.63) is 67.6 Å². The monoisotopic (exact) mass is 502 g/mol. The van der Waals surface area contributed by atoms with Crippen molar-refractivity contribution in [2.75, 3.05) is 6.61 Å². The summed E-state index contributed by atoms with van der Waals surface area (Å²) in [6.45, 7) is 3.09. The fourth-order valence-corrected chi connectivity index (χ4v) is 3.92. The van der Waals surface area contributed by atoms with E-state index in [4.69, 9.17) is 5.11 Å². The summed E-state index contributed by atoms with van der Waals surface area (Å²) in [4.78, 5) is 0. The molecular formula is C20H24Br2O5. The summed E-state index contributed by atoms with van der Waals surface area (Å²) >= 11 is 6.89. The molecule has 148 valence electrons. The maximum atomic E-state index is 11.0. The summed E-state index contributed by atoms with van der Waals surface area (Å²) in [7, 11) is 0. The molecule has 2 rings (SSSR count). The van der Waals surface area contributed by atoms with Gasteiger partial charge in [-0.2, -0.15) is 0 Å². The van der Waals surface area contributed by atoms with E-state index in [0.717, 1.165) is 31.2 Å². The highest BCUT2D eigenvalue weighted by atomic mass is 79.9. The van der Waals surface area contributed by atoms with Crippen molar-refractivity contribution in [2.24, 2.45) is 0 Å². The maximum Gasteiger partial charge on any atom is 0.111 e. The molecule has 0 radical (unpaired) electrons. The van der Waals surface area contributed by atoms with Gasteiger partial charge in [-0.05, 0) is 60.4 Å². The highest BCUT2D eigenvalue weighted by Crippen LogP contribution is 2.37. The number of hydrogen-bond donors (Lipinski definition) is 5. The minimum atomic E-state index is -1.69. The van der Waals surface area contributed by atoms with E-state index in [1.165, 1.54) is 0 Å². The van der Waals surface area contributed by atoms with Crippen LogP contribution >= 0.6 is 31.9 Å². The molecule has 5 N–H and O–H groups in total. The van der Waals surface area contributed by atoms with Crippen molar-refractivity contribution in [3.63, 3.8) is 0 Å². The van der Waals surface area contributed by atoms with Gasteiger partial charge in [0.15, 0.2) is 0 Å². The van der Waals surface area contributed by atoms with Crippen molar-refractivity contribution in [2.45, 2.75) is 44.2 Å². The zero-order chi connectivity index (χ0) is 20.3. The Hall–Kier alpha value is -0.800. The number of aliphatic hydroxyl groups is 5. The highest BCUT2D eigenvalue weighted by Gasteiger charge is 2.37. The van der Waals surface area contributed by atoms with Crippen LogP contribution in [0, 0.1) is 13.8 Å². The predicted octanol–water partition coefficient (Wildman–Crippen LogP) is 2.40. The molecular weight excluding hydrogens is 480 g/mol. The van der Waals surface area contributed by atoms with Gasteiger partial charge in [0.25, 0.3) is 0 Å². The van der Waals surface area contributed by atoms with Gasteiger partial charge in [-0.15, -0.1) is 0 Å². The van der Waals surface area contributed by atoms with Gasteiger partial charge in [-0.1, -0.05) is 44.0 Å². The number of halogens is 2. The van der Waals surface area contributed by atoms with E-state index in [0.29, 0.717) is 0 Å². The number of hydrogen-bond acceptors (Lipinski definition) is 5. The molecule has 2 aromatic carbocycles. The van der Waals surface area contributed by atoms with Crippen LogP contribution in [0.25, 0.3) is 0 Å². The van der Waals surface area contributed by atoms with Gasteiger partial charge >= 0.3 is 0 Å². The minimum Gasteiger partial charge on any atom is -0.394 e. The zero-order valence-corrected chi connectivity index (χ0v) is 18.2. The second-order valence-corrected chi connectivity index (χ2v) is 8.53. The molecule has 0 amide bonds. The molecule has 0 bridgehead atoms. The van der Waals surface area contributed by atoms with Gasteiger partial charge in [0.2, 0.25) is 0 Å². The first-order chi connectivity index (χ1) is 12.7. The summed E-state index contributed by atoms with van der Waals surface area (Å²) < 4.78 is 1.64. The van der Waals surface area contributed by atoms with Crippen LogP contribution in [0.1, 0.15) is 28.2 Å². The Morgan fingerprint density at radius 1 is 0.741 bits per heavy atom. The average molecular weight is 504 g/mol. The van der Waals surface area contributed by atoms with E-state index < -0.39 is 36.9 Å². The Bertz CT molecular complexity index is 731. The number of aryl methyl sites for hydroxylation is 2. The van der Waals surface area contributed by atoms with Crippen molar-refractivity contribution in [1.82, 2.24) is 0 Å². The Balaban J connectivity index is 2.59. The van der Waals surface area contributed by atoms with Crippen LogP contribution in [0.15, 0.2) is 45.3 Å². The lowest BCUT2D eigenvalue weighted by Gasteiger charge is -2.33. The quantitative estimate of drug-likeness (QED) is 0.399. The maximum absolute atomic E-state index is 11.0. The van der Waals surface area contributed by atoms with Crippen molar-refractivity contribution < 1.29 is 25.5 Å². The van der Waals surface area contributed by atoms with Crippen LogP contribution in [0.3, 0.4) is 0 Å². The number of benzene rings is 2. The van der Waals surface area contributed by atoms with Crippen LogP contribution in [0.5, 0.6) is 0 Å². The van der Waals surface area contributed by atoms with Crippen molar-refractivity contribution in [3.8, 4) is 0 Å². The van der Waals surface area contributed by atoms with Crippen molar-refractivity contribution >= 4 is 31.9 Å². The van der Waals surface area contributed by atoms with E-state index in [1.807, 2.05) is 50.2 Å². The van der Waals surface area contributed by atoms with Gasteiger partial charge < -0.3 is 25.5 Å². The number of aliphatic hydroxyl groups excluding tert-OH is 5. The summed E-state index contributed by atoms with van der Waals surface area (Å²) in [5.74, 6) is -0.657. The second kappa shape index (κ2) is 9.60. The predicted molar refractivity (Wildman–Crippen MR) is 111 cm³/mol. The van der Waals surface area contributed by atoms with Gasteiger partial charge in [0.05, 0.1) is 12.7 Å². The SMILES string of the molecule is Cc1ccc(Br)cc1C(c1cc(Br)ccc1C)[C@H](O)[C@H](O)[C@H](O)[C@H](O)CO. The van der Waals surface area contributed by atoms with E-state index >= 15 is 0 Å². The first-order valence-corrected chi connectivity index (χ1v) is 10.1. The Morgan fingerprint density at radius 2 is 1.19 bits per heavy atom. The molecule has 5 nitrogen and oxygen atoms in total. The van der Waals surface area contributed by atoms with Crippen LogP contribution in [-0.2, 0) is 0 Å². The van der Waals surface area contributed by atoms with Crippen LogP contribution in [-0.4, -0.2) is 56.6 Å². The topological polar surface area (TPSA) is 101 Å². The molecule has 0 fully saturated rings. The lowest BCUT2D eigenvalue weighted by Crippen LogP contribution is -2.48. The second-order valence-electron chi connectivity index (χ2n) is 6.70. The first kappa shape index (κ1) is 22.5. The first-order valence-electron chi connectivity index (χ1n) is 8.52. The summed E-state index contributed by atoms with van der Waals surface area (Å²) in [5, 5.41) is 50.3. The zero-order valence-electron chi connectivity index (χ0n) is 15.0. The molecule has 2 aromatic rings. The van der Waals surface area contributed by atoms with Gasteiger partial charge in [-0.3, -0.25) is 0 Å². The highest BCUT2D eigenvalue weighted by molar-refractivity contribution is 9.10. The molecule has 0 unspecified atom stereocenters. The third-order valence-corrected chi connectivity index (χ3v) is 5.76. The van der Waals surface area contributed by atoms with E-state index in [2.05, 4.69) is 31.9 Å². The molecule has 0 aliphatic rings. The Labute approximate surface area is 175 Å². The molecule has 0 heterocycles. The fourth-order valence-electron chi connectivity index (χ4n) is 3.16. The smallest absolute Gasteiger partial charge is 0.111 e. The van der Waals surface area contributed by atoms with Gasteiger partial charge in [0, 0.05) is 14.9 Å². The Morgan fingerprint density at radius 3 is 1.59 bits per heavy atom. The van der Waals surface area contributed by atoms with Gasteiger partial charge in [-0.25, -0.2) is 0 Å². The molecule has 0 spiro atoms. The third kappa shape index (κ3) is 5.17. The molecule has 27 heavy (non-hydrogen) atoms. The molecule has 7 heteroatoms. The molecule has 0 aliphatic heterocycles. The molecule has 0 aliphatic carbocycles. The van der Waals surface area contributed by atoms with E-state index in [-0.39, 0.29) is 0 Å². The van der Waals surface area contributed by atoms with E-state index in [1.54, 1.807) is 0 Å². The molecule has 4 atom stereocenters. The third-order valence-electron chi connectivity index (χ3n) is 4.78. The van der Waals surface area contributed by atoms with Crippen LogP contribution < -0.4 is 0 Å². The lowest BCUT2D eigenvalue weighted by molar-refractivity contribution is -0.117. The van der Waals surface area contributed by atoms with E-state index in [9.17, 15) is 20.4 Å². The molecule has 0 saturated heterocycles.